The maximum Gasteiger partial charge on any atom is 0.416 e. The number of ether oxygens (including phenoxy) is 1. The summed E-state index contributed by atoms with van der Waals surface area (Å²) in [4.78, 5) is 13.9. The van der Waals surface area contributed by atoms with E-state index >= 15 is 0 Å². The third kappa shape index (κ3) is 5.77. The Labute approximate surface area is 150 Å². The molecule has 4 nitrogen and oxygen atoms in total. The molecule has 0 radical (unpaired) electrons. The average Bonchev–Trinajstić information content (AvgIpc) is 2.56. The van der Waals surface area contributed by atoms with E-state index in [4.69, 9.17) is 4.74 Å². The predicted octanol–water partition coefficient (Wildman–Crippen LogP) is 4.17. The van der Waals surface area contributed by atoms with Gasteiger partial charge in [0.25, 0.3) is 0 Å². The molecular formula is C19H21F3N2O2. The highest BCUT2D eigenvalue weighted by atomic mass is 19.4. The van der Waals surface area contributed by atoms with Crippen LogP contribution in [0.3, 0.4) is 0 Å². The van der Waals surface area contributed by atoms with Crippen molar-refractivity contribution in [2.45, 2.75) is 19.6 Å². The molecule has 0 aromatic heterocycles. The number of alkyl halides is 3. The second-order valence-corrected chi connectivity index (χ2v) is 5.84. The fraction of sp³-hybridized carbons (Fsp3) is 0.316. The van der Waals surface area contributed by atoms with E-state index in [9.17, 15) is 18.0 Å². The van der Waals surface area contributed by atoms with Crippen molar-refractivity contribution in [3.63, 3.8) is 0 Å². The van der Waals surface area contributed by atoms with Crippen LogP contribution in [0.5, 0.6) is 5.75 Å². The Bertz CT molecular complexity index is 730. The van der Waals surface area contributed by atoms with Gasteiger partial charge in [-0.2, -0.15) is 13.2 Å². The van der Waals surface area contributed by atoms with Gasteiger partial charge < -0.3 is 10.1 Å². The third-order valence-corrected chi connectivity index (χ3v) is 3.61. The number of hydrogen-bond donors (Lipinski definition) is 1. The molecule has 0 aliphatic carbocycles. The molecular weight excluding hydrogens is 345 g/mol. The topological polar surface area (TPSA) is 41.6 Å². The van der Waals surface area contributed by atoms with Gasteiger partial charge in [0.1, 0.15) is 5.75 Å². The van der Waals surface area contributed by atoms with Crippen molar-refractivity contribution in [3.8, 4) is 5.75 Å². The summed E-state index contributed by atoms with van der Waals surface area (Å²) in [5, 5.41) is 2.79. The number of anilines is 1. The monoisotopic (exact) mass is 366 g/mol. The molecule has 1 N–H and O–H groups in total. The Hall–Kier alpha value is -2.54. The zero-order chi connectivity index (χ0) is 19.2. The lowest BCUT2D eigenvalue weighted by Crippen LogP contribution is -2.30. The van der Waals surface area contributed by atoms with Gasteiger partial charge in [-0.15, -0.1) is 0 Å². The molecule has 0 aliphatic heterocycles. The van der Waals surface area contributed by atoms with Crippen LogP contribution in [0.25, 0.3) is 0 Å². The zero-order valence-corrected chi connectivity index (χ0v) is 14.6. The number of carbonyl (C=O) groups is 1. The van der Waals surface area contributed by atoms with Gasteiger partial charge in [0.2, 0.25) is 5.91 Å². The maximum absolute atomic E-state index is 12.6. The minimum atomic E-state index is -4.35. The van der Waals surface area contributed by atoms with Crippen LogP contribution >= 0.6 is 0 Å². The van der Waals surface area contributed by atoms with Gasteiger partial charge in [-0.25, -0.2) is 0 Å². The van der Waals surface area contributed by atoms with Gasteiger partial charge in [-0.05, 0) is 43.8 Å². The highest BCUT2D eigenvalue weighted by Crippen LogP contribution is 2.29. The minimum absolute atomic E-state index is 0.0987. The van der Waals surface area contributed by atoms with Crippen LogP contribution in [0, 0.1) is 0 Å². The van der Waals surface area contributed by atoms with E-state index in [1.165, 1.54) is 12.1 Å². The normalized spacial score (nSPS) is 11.5. The molecule has 1 amide bonds. The molecule has 0 saturated carbocycles. The molecule has 0 fully saturated rings. The molecule has 7 heteroatoms. The number of carbonyl (C=O) groups excluding carboxylic acids is 1. The van der Waals surface area contributed by atoms with E-state index in [0.717, 1.165) is 12.1 Å². The van der Waals surface area contributed by atoms with Crippen molar-refractivity contribution in [2.24, 2.45) is 0 Å². The molecule has 26 heavy (non-hydrogen) atoms. The number of nitrogens with one attached hydrogen (secondary N) is 1. The second-order valence-electron chi connectivity index (χ2n) is 5.84. The van der Waals surface area contributed by atoms with Crippen molar-refractivity contribution in [1.82, 2.24) is 4.90 Å². The van der Waals surface area contributed by atoms with Gasteiger partial charge in [0.05, 0.1) is 24.4 Å². The lowest BCUT2D eigenvalue weighted by Gasteiger charge is -2.18. The summed E-state index contributed by atoms with van der Waals surface area (Å²) in [6, 6.07) is 12.1. The van der Waals surface area contributed by atoms with Crippen LogP contribution in [0.1, 0.15) is 18.1 Å². The van der Waals surface area contributed by atoms with E-state index < -0.39 is 11.7 Å². The lowest BCUT2D eigenvalue weighted by atomic mass is 10.1. The van der Waals surface area contributed by atoms with E-state index in [1.54, 1.807) is 30.1 Å². The first-order valence-corrected chi connectivity index (χ1v) is 8.16. The van der Waals surface area contributed by atoms with E-state index in [1.807, 2.05) is 13.0 Å². The van der Waals surface area contributed by atoms with Crippen LogP contribution in [0.2, 0.25) is 0 Å². The fourth-order valence-electron chi connectivity index (χ4n) is 2.45. The lowest BCUT2D eigenvalue weighted by molar-refractivity contribution is -0.137. The summed E-state index contributed by atoms with van der Waals surface area (Å²) < 4.78 is 43.2. The van der Waals surface area contributed by atoms with Crippen LogP contribution in [0.15, 0.2) is 48.5 Å². The van der Waals surface area contributed by atoms with Crippen molar-refractivity contribution in [2.75, 3.05) is 25.5 Å². The van der Waals surface area contributed by atoms with E-state index in [0.29, 0.717) is 30.2 Å². The highest BCUT2D eigenvalue weighted by molar-refractivity contribution is 5.93. The Kier molecular flexibility index (Phi) is 6.63. The minimum Gasteiger partial charge on any atom is -0.492 e. The largest absolute Gasteiger partial charge is 0.492 e. The van der Waals surface area contributed by atoms with Gasteiger partial charge in [0.15, 0.2) is 0 Å². The number of para-hydroxylation sites is 2. The van der Waals surface area contributed by atoms with Gasteiger partial charge in [-0.1, -0.05) is 24.3 Å². The summed E-state index contributed by atoms with van der Waals surface area (Å²) in [7, 11) is 1.73. The van der Waals surface area contributed by atoms with Crippen LogP contribution in [0.4, 0.5) is 18.9 Å². The smallest absolute Gasteiger partial charge is 0.416 e. The summed E-state index contributed by atoms with van der Waals surface area (Å²) in [6.07, 6.45) is -4.35. The molecule has 0 spiro atoms. The third-order valence-electron chi connectivity index (χ3n) is 3.61. The quantitative estimate of drug-likeness (QED) is 0.800. The van der Waals surface area contributed by atoms with Crippen LogP contribution < -0.4 is 10.1 Å². The summed E-state index contributed by atoms with van der Waals surface area (Å²) in [6.45, 7) is 2.80. The van der Waals surface area contributed by atoms with Gasteiger partial charge >= 0.3 is 6.18 Å². The molecule has 2 aromatic rings. The van der Waals surface area contributed by atoms with Crippen molar-refractivity contribution >= 4 is 11.6 Å². The maximum atomic E-state index is 12.6. The molecule has 2 aromatic carbocycles. The SMILES string of the molecule is CCOc1ccccc1NC(=O)CN(C)Cc1ccc(C(F)(F)F)cc1. The number of halogens is 3. The number of nitrogens with zero attached hydrogens (tertiary/aromatic N) is 1. The molecule has 0 saturated heterocycles. The first-order valence-electron chi connectivity index (χ1n) is 8.16. The molecule has 0 atom stereocenters. The first kappa shape index (κ1) is 19.8. The Morgan fingerprint density at radius 2 is 1.77 bits per heavy atom. The molecule has 2 rings (SSSR count). The Balaban J connectivity index is 1.91. The molecule has 0 unspecified atom stereocenters. The molecule has 0 aliphatic rings. The molecule has 140 valence electrons. The number of likely N-dealkylation sites (N-methyl/N-ethyl adjacent to an activating group) is 1. The standard InChI is InChI=1S/C19H21F3N2O2/c1-3-26-17-7-5-4-6-16(17)23-18(25)13-24(2)12-14-8-10-15(11-9-14)19(20,21)22/h4-11H,3,12-13H2,1-2H3,(H,23,25). The first-order chi connectivity index (χ1) is 12.3. The van der Waals surface area contributed by atoms with Gasteiger partial charge in [0, 0.05) is 6.54 Å². The van der Waals surface area contributed by atoms with E-state index in [-0.39, 0.29) is 12.5 Å². The highest BCUT2D eigenvalue weighted by Gasteiger charge is 2.29. The summed E-state index contributed by atoms with van der Waals surface area (Å²) in [5.74, 6) is 0.361. The van der Waals surface area contributed by atoms with Crippen LogP contribution in [-0.2, 0) is 17.5 Å². The van der Waals surface area contributed by atoms with Gasteiger partial charge in [-0.3, -0.25) is 9.69 Å². The fourth-order valence-corrected chi connectivity index (χ4v) is 2.45. The van der Waals surface area contributed by atoms with E-state index in [2.05, 4.69) is 5.32 Å². The average molecular weight is 366 g/mol. The number of benzene rings is 2. The van der Waals surface area contributed by atoms with Crippen LogP contribution in [-0.4, -0.2) is 31.0 Å². The van der Waals surface area contributed by atoms with Crippen molar-refractivity contribution in [3.05, 3.63) is 59.7 Å². The summed E-state index contributed by atoms with van der Waals surface area (Å²) in [5.41, 5.74) is 0.597. The zero-order valence-electron chi connectivity index (χ0n) is 14.6. The summed E-state index contributed by atoms with van der Waals surface area (Å²) >= 11 is 0. The predicted molar refractivity (Wildman–Crippen MR) is 94.0 cm³/mol. The van der Waals surface area contributed by atoms with Crippen molar-refractivity contribution in [1.29, 1.82) is 0 Å². The molecule has 0 bridgehead atoms. The second kappa shape index (κ2) is 8.71. The number of hydrogen-bond acceptors (Lipinski definition) is 3. The van der Waals surface area contributed by atoms with Crippen molar-refractivity contribution < 1.29 is 22.7 Å². The Morgan fingerprint density at radius 1 is 1.12 bits per heavy atom. The molecule has 0 heterocycles. The number of rotatable bonds is 7. The number of amides is 1. The Morgan fingerprint density at radius 3 is 2.38 bits per heavy atom.